The second-order valence-electron chi connectivity index (χ2n) is 7.88. The fourth-order valence-electron chi connectivity index (χ4n) is 4.69. The van der Waals surface area contributed by atoms with Gasteiger partial charge in [0.05, 0.1) is 26.2 Å². The van der Waals surface area contributed by atoms with Crippen LogP contribution in [-0.4, -0.2) is 30.9 Å². The summed E-state index contributed by atoms with van der Waals surface area (Å²) in [6.07, 6.45) is 5.24. The van der Waals surface area contributed by atoms with Gasteiger partial charge >= 0.3 is 5.97 Å². The van der Waals surface area contributed by atoms with Gasteiger partial charge in [-0.15, -0.1) is 0 Å². The number of hydrogen-bond donors (Lipinski definition) is 1. The molecule has 0 saturated heterocycles. The normalized spacial score (nSPS) is 22.4. The van der Waals surface area contributed by atoms with Gasteiger partial charge in [-0.05, 0) is 47.6 Å². The Kier molecular flexibility index (Phi) is 4.76. The lowest BCUT2D eigenvalue weighted by atomic mass is 9.94. The fraction of sp³-hybridized carbons (Fsp3) is 0.375. The molecule has 2 aliphatic heterocycles. The zero-order chi connectivity index (χ0) is 19.8. The number of hydrogen-bond acceptors (Lipinski definition) is 4. The van der Waals surface area contributed by atoms with E-state index in [9.17, 15) is 4.79 Å². The number of ether oxygens (including phenoxy) is 3. The molecule has 0 aromatic heterocycles. The predicted octanol–water partition coefficient (Wildman–Crippen LogP) is 4.51. The Morgan fingerprint density at radius 2 is 2.10 bits per heavy atom. The summed E-state index contributed by atoms with van der Waals surface area (Å²) >= 11 is 0. The number of carbonyl (C=O) groups is 1. The highest BCUT2D eigenvalue weighted by Crippen LogP contribution is 2.42. The summed E-state index contributed by atoms with van der Waals surface area (Å²) in [4.78, 5) is 11.0. The van der Waals surface area contributed by atoms with Crippen molar-refractivity contribution in [2.24, 2.45) is 0 Å². The van der Waals surface area contributed by atoms with Crippen LogP contribution in [0.5, 0.6) is 11.5 Å². The summed E-state index contributed by atoms with van der Waals surface area (Å²) < 4.78 is 17.5. The zero-order valence-electron chi connectivity index (χ0n) is 16.2. The molecule has 3 aliphatic rings. The van der Waals surface area contributed by atoms with Crippen LogP contribution in [0.4, 0.5) is 0 Å². The first-order valence-electron chi connectivity index (χ1n) is 10.2. The second kappa shape index (κ2) is 7.56. The van der Waals surface area contributed by atoms with E-state index in [2.05, 4.69) is 24.3 Å². The van der Waals surface area contributed by atoms with Gasteiger partial charge < -0.3 is 19.3 Å². The molecule has 5 rings (SSSR count). The average molecular weight is 392 g/mol. The van der Waals surface area contributed by atoms with Crippen molar-refractivity contribution in [3.8, 4) is 11.5 Å². The fourth-order valence-corrected chi connectivity index (χ4v) is 4.69. The topological polar surface area (TPSA) is 65.0 Å². The molecule has 2 unspecified atom stereocenters. The first-order valence-corrected chi connectivity index (χ1v) is 10.2. The van der Waals surface area contributed by atoms with E-state index in [1.165, 1.54) is 22.3 Å². The molecule has 0 saturated carbocycles. The predicted molar refractivity (Wildman–Crippen MR) is 108 cm³/mol. The monoisotopic (exact) mass is 392 g/mol. The van der Waals surface area contributed by atoms with Crippen molar-refractivity contribution >= 4 is 11.5 Å². The molecular formula is C24H24O5. The maximum atomic E-state index is 11.0. The summed E-state index contributed by atoms with van der Waals surface area (Å²) in [6, 6.07) is 12.3. The number of aliphatic carboxylic acids is 1. The highest BCUT2D eigenvalue weighted by Gasteiger charge is 2.29. The summed E-state index contributed by atoms with van der Waals surface area (Å²) in [5.74, 6) is 0.630. The number of carboxylic acids is 1. The summed E-state index contributed by atoms with van der Waals surface area (Å²) in [6.45, 7) is 1.89. The van der Waals surface area contributed by atoms with Crippen molar-refractivity contribution in [1.29, 1.82) is 0 Å². The minimum absolute atomic E-state index is 0.0275. The van der Waals surface area contributed by atoms with Crippen LogP contribution < -0.4 is 9.47 Å². The number of rotatable bonds is 5. The van der Waals surface area contributed by atoms with E-state index in [1.54, 1.807) is 0 Å². The highest BCUT2D eigenvalue weighted by molar-refractivity contribution is 5.71. The number of benzene rings is 2. The SMILES string of the molecule is O=C(O)CC1COc2cc(OC3CCc4c(C5=CCOCC5)cccc43)ccc21. The molecule has 5 nitrogen and oxygen atoms in total. The average Bonchev–Trinajstić information content (AvgIpc) is 3.32. The quantitative estimate of drug-likeness (QED) is 0.811. The maximum Gasteiger partial charge on any atom is 0.304 e. The lowest BCUT2D eigenvalue weighted by Crippen LogP contribution is -2.07. The Morgan fingerprint density at radius 1 is 1.17 bits per heavy atom. The van der Waals surface area contributed by atoms with E-state index in [-0.39, 0.29) is 18.4 Å². The van der Waals surface area contributed by atoms with Crippen LogP contribution >= 0.6 is 0 Å². The van der Waals surface area contributed by atoms with E-state index in [0.29, 0.717) is 13.2 Å². The van der Waals surface area contributed by atoms with Crippen molar-refractivity contribution in [3.05, 3.63) is 64.7 Å². The summed E-state index contributed by atoms with van der Waals surface area (Å²) in [5.41, 5.74) is 6.33. The van der Waals surface area contributed by atoms with Crippen LogP contribution in [0.1, 0.15) is 53.5 Å². The molecule has 1 aliphatic carbocycles. The lowest BCUT2D eigenvalue weighted by Gasteiger charge is -2.18. The van der Waals surface area contributed by atoms with Crippen molar-refractivity contribution < 1.29 is 24.1 Å². The Morgan fingerprint density at radius 3 is 2.93 bits per heavy atom. The Hall–Kier alpha value is -2.79. The lowest BCUT2D eigenvalue weighted by molar-refractivity contribution is -0.137. The third-order valence-electron chi connectivity index (χ3n) is 6.09. The molecule has 150 valence electrons. The molecule has 0 spiro atoms. The molecular weight excluding hydrogens is 368 g/mol. The van der Waals surface area contributed by atoms with Gasteiger partial charge in [0, 0.05) is 17.5 Å². The van der Waals surface area contributed by atoms with Crippen molar-refractivity contribution in [3.63, 3.8) is 0 Å². The Bertz CT molecular complexity index is 977. The third-order valence-corrected chi connectivity index (χ3v) is 6.09. The van der Waals surface area contributed by atoms with Gasteiger partial charge in [-0.25, -0.2) is 0 Å². The van der Waals surface area contributed by atoms with Gasteiger partial charge in [0.1, 0.15) is 17.6 Å². The molecule has 0 fully saturated rings. The summed E-state index contributed by atoms with van der Waals surface area (Å²) in [5, 5.41) is 9.06. The minimum Gasteiger partial charge on any atom is -0.492 e. The van der Waals surface area contributed by atoms with E-state index >= 15 is 0 Å². The number of fused-ring (bicyclic) bond motifs is 2. The molecule has 2 atom stereocenters. The molecule has 0 bridgehead atoms. The first-order chi connectivity index (χ1) is 14.2. The molecule has 2 aromatic rings. The molecule has 2 heterocycles. The van der Waals surface area contributed by atoms with Crippen LogP contribution in [0.15, 0.2) is 42.5 Å². The molecule has 0 radical (unpaired) electrons. The maximum absolute atomic E-state index is 11.0. The van der Waals surface area contributed by atoms with Crippen molar-refractivity contribution in [2.75, 3.05) is 19.8 Å². The summed E-state index contributed by atoms with van der Waals surface area (Å²) in [7, 11) is 0. The van der Waals surface area contributed by atoms with Gasteiger partial charge in [0.15, 0.2) is 0 Å². The second-order valence-corrected chi connectivity index (χ2v) is 7.88. The number of carboxylic acid groups (broad SMARTS) is 1. The van der Waals surface area contributed by atoms with Gasteiger partial charge in [0.2, 0.25) is 0 Å². The molecule has 2 aromatic carbocycles. The highest BCUT2D eigenvalue weighted by atomic mass is 16.5. The van der Waals surface area contributed by atoms with Crippen LogP contribution in [0.2, 0.25) is 0 Å². The van der Waals surface area contributed by atoms with Gasteiger partial charge in [-0.2, -0.15) is 0 Å². The molecule has 5 heteroatoms. The zero-order valence-corrected chi connectivity index (χ0v) is 16.2. The Labute approximate surface area is 169 Å². The largest absolute Gasteiger partial charge is 0.492 e. The van der Waals surface area contributed by atoms with Crippen molar-refractivity contribution in [1.82, 2.24) is 0 Å². The van der Waals surface area contributed by atoms with Crippen molar-refractivity contribution in [2.45, 2.75) is 37.7 Å². The standard InChI is InChI=1S/C24H24O5/c25-24(26)12-16-14-28-23-13-17(4-5-19(16)23)29-22-7-6-20-18(2-1-3-21(20)22)15-8-10-27-11-9-15/h1-5,8,13,16,22H,6-7,9-12,14H2,(H,25,26). The van der Waals surface area contributed by atoms with Crippen LogP contribution in [0, 0.1) is 0 Å². The van der Waals surface area contributed by atoms with Crippen LogP contribution in [-0.2, 0) is 16.0 Å². The van der Waals surface area contributed by atoms with E-state index in [0.717, 1.165) is 42.9 Å². The van der Waals surface area contributed by atoms with Crippen LogP contribution in [0.3, 0.4) is 0 Å². The van der Waals surface area contributed by atoms with Crippen LogP contribution in [0.25, 0.3) is 5.57 Å². The van der Waals surface area contributed by atoms with E-state index in [1.807, 2.05) is 18.2 Å². The van der Waals surface area contributed by atoms with E-state index < -0.39 is 5.97 Å². The first kappa shape index (κ1) is 18.3. The molecule has 1 N–H and O–H groups in total. The van der Waals surface area contributed by atoms with E-state index in [4.69, 9.17) is 19.3 Å². The van der Waals surface area contributed by atoms with Gasteiger partial charge in [-0.1, -0.05) is 30.3 Å². The van der Waals surface area contributed by atoms with Gasteiger partial charge in [-0.3, -0.25) is 4.79 Å². The smallest absolute Gasteiger partial charge is 0.304 e. The van der Waals surface area contributed by atoms with Gasteiger partial charge in [0.25, 0.3) is 0 Å². The minimum atomic E-state index is -0.801. The Balaban J connectivity index is 1.36. The molecule has 0 amide bonds. The molecule has 29 heavy (non-hydrogen) atoms. The third kappa shape index (κ3) is 3.51.